The molecule has 0 aliphatic heterocycles. The van der Waals surface area contributed by atoms with Crippen LogP contribution in [0.25, 0.3) is 11.2 Å². The zero-order valence-electron chi connectivity index (χ0n) is 20.8. The van der Waals surface area contributed by atoms with Crippen molar-refractivity contribution in [2.24, 2.45) is 0 Å². The third kappa shape index (κ3) is 6.21. The Kier molecular flexibility index (Phi) is 8.00. The summed E-state index contributed by atoms with van der Waals surface area (Å²) in [7, 11) is -1.67. The molecule has 0 fully saturated rings. The monoisotopic (exact) mass is 545 g/mol. The first-order chi connectivity index (χ1) is 17.7. The molecule has 0 aliphatic carbocycles. The van der Waals surface area contributed by atoms with Crippen LogP contribution < -0.4 is 10.6 Å². The Morgan fingerprint density at radius 2 is 1.92 bits per heavy atom. The number of benzene rings is 1. The van der Waals surface area contributed by atoms with E-state index in [2.05, 4.69) is 30.6 Å². The number of imidazole rings is 1. The Labute approximate surface area is 218 Å². The Morgan fingerprint density at radius 1 is 1.16 bits per heavy atom. The number of nitrogens with one attached hydrogen (secondary N) is 2. The van der Waals surface area contributed by atoms with Crippen molar-refractivity contribution >= 4 is 55.2 Å². The number of sulfone groups is 1. The summed E-state index contributed by atoms with van der Waals surface area (Å²) in [5.41, 5.74) is 2.55. The van der Waals surface area contributed by atoms with Gasteiger partial charge in [-0.1, -0.05) is 23.5 Å². The molecule has 4 aromatic rings. The number of rotatable bonds is 11. The van der Waals surface area contributed by atoms with Crippen LogP contribution in [0.3, 0.4) is 0 Å². The zero-order valence-corrected chi connectivity index (χ0v) is 22.4. The number of hydrogen-bond donors (Lipinski definition) is 2. The number of ether oxygens (including phenoxy) is 2. The highest BCUT2D eigenvalue weighted by atomic mass is 32.2. The predicted molar refractivity (Wildman–Crippen MR) is 140 cm³/mol. The van der Waals surface area contributed by atoms with Gasteiger partial charge in [0, 0.05) is 19.9 Å². The number of anilines is 3. The van der Waals surface area contributed by atoms with E-state index in [0.717, 1.165) is 16.9 Å². The second kappa shape index (κ2) is 11.2. The zero-order chi connectivity index (χ0) is 26.6. The number of thiazole rings is 1. The molecule has 3 heterocycles. The van der Waals surface area contributed by atoms with E-state index in [-0.39, 0.29) is 17.5 Å². The smallest absolute Gasteiger partial charge is 0.350 e. The van der Waals surface area contributed by atoms with E-state index in [1.165, 1.54) is 6.26 Å². The summed E-state index contributed by atoms with van der Waals surface area (Å²) >= 11 is 1.16. The van der Waals surface area contributed by atoms with Gasteiger partial charge in [-0.05, 0) is 31.5 Å². The highest BCUT2D eigenvalue weighted by Crippen LogP contribution is 2.28. The lowest BCUT2D eigenvalue weighted by Gasteiger charge is -2.10. The van der Waals surface area contributed by atoms with Crippen LogP contribution >= 0.6 is 11.3 Å². The van der Waals surface area contributed by atoms with E-state index < -0.39 is 15.8 Å². The van der Waals surface area contributed by atoms with Gasteiger partial charge in [0.25, 0.3) is 0 Å². The third-order valence-electron chi connectivity index (χ3n) is 5.24. The summed E-state index contributed by atoms with van der Waals surface area (Å²) in [4.78, 5) is 31.0. The molecule has 0 spiro atoms. The Bertz CT molecular complexity index is 1510. The summed E-state index contributed by atoms with van der Waals surface area (Å²) in [5.74, 6) is 0.351. The van der Waals surface area contributed by atoms with Gasteiger partial charge >= 0.3 is 5.97 Å². The minimum Gasteiger partial charge on any atom is -0.462 e. The summed E-state index contributed by atoms with van der Waals surface area (Å²) in [6.45, 7) is 5.15. The van der Waals surface area contributed by atoms with Gasteiger partial charge in [-0.3, -0.25) is 5.32 Å². The van der Waals surface area contributed by atoms with E-state index >= 15 is 0 Å². The van der Waals surface area contributed by atoms with Crippen molar-refractivity contribution in [3.05, 3.63) is 46.7 Å². The minimum atomic E-state index is -3.28. The Morgan fingerprint density at radius 3 is 2.59 bits per heavy atom. The maximum atomic E-state index is 12.2. The van der Waals surface area contributed by atoms with Gasteiger partial charge in [-0.25, -0.2) is 23.2 Å². The summed E-state index contributed by atoms with van der Waals surface area (Å²) in [6.07, 6.45) is 2.83. The molecule has 0 saturated carbocycles. The molecule has 12 nitrogen and oxygen atoms in total. The molecule has 3 aromatic heterocycles. The SMILES string of the molecule is CCOC(=O)c1sc(Nc2nc(NCCOC)c3ncn(Cc4ccc(S(C)(=O)=O)cc4)c3n2)nc1C. The Balaban J connectivity index is 1.67. The molecule has 4 rings (SSSR count). The second-order valence-corrected chi connectivity index (χ2v) is 11.1. The van der Waals surface area contributed by atoms with Crippen LogP contribution in [-0.2, 0) is 25.9 Å². The van der Waals surface area contributed by atoms with Crippen LogP contribution in [0.15, 0.2) is 35.5 Å². The average Bonchev–Trinajstić information content (AvgIpc) is 3.42. The van der Waals surface area contributed by atoms with Crippen molar-refractivity contribution < 1.29 is 22.7 Å². The van der Waals surface area contributed by atoms with Gasteiger partial charge in [0.15, 0.2) is 32.0 Å². The van der Waals surface area contributed by atoms with E-state index in [1.807, 2.05) is 4.57 Å². The first-order valence-electron chi connectivity index (χ1n) is 11.4. The molecule has 0 amide bonds. The molecular weight excluding hydrogens is 518 g/mol. The second-order valence-electron chi connectivity index (χ2n) is 8.06. The van der Waals surface area contributed by atoms with Crippen molar-refractivity contribution in [2.75, 3.05) is 43.8 Å². The van der Waals surface area contributed by atoms with Gasteiger partial charge < -0.3 is 19.4 Å². The molecule has 14 heteroatoms. The molecule has 0 atom stereocenters. The van der Waals surface area contributed by atoms with Crippen molar-refractivity contribution in [3.8, 4) is 0 Å². The number of hydrogen-bond acceptors (Lipinski definition) is 12. The number of methoxy groups -OCH3 is 1. The van der Waals surface area contributed by atoms with E-state index in [0.29, 0.717) is 52.4 Å². The fourth-order valence-corrected chi connectivity index (χ4v) is 4.97. The maximum Gasteiger partial charge on any atom is 0.350 e. The molecular formula is C23H27N7O5S2. The van der Waals surface area contributed by atoms with Gasteiger partial charge in [0.2, 0.25) is 5.95 Å². The largest absolute Gasteiger partial charge is 0.462 e. The first-order valence-corrected chi connectivity index (χ1v) is 14.1. The lowest BCUT2D eigenvalue weighted by atomic mass is 10.2. The standard InChI is InChI=1S/C23H27N7O5S2/c1-5-35-21(31)18-14(2)26-23(36-18)29-22-27-19(24-10-11-34-3)17-20(28-22)30(13-25-17)12-15-6-8-16(9-7-15)37(4,32)33/h6-9,13H,5,10-12H2,1-4H3,(H2,24,26,27,28,29). The normalized spacial score (nSPS) is 11.6. The van der Waals surface area contributed by atoms with Crippen LogP contribution in [0, 0.1) is 6.92 Å². The van der Waals surface area contributed by atoms with E-state index in [1.54, 1.807) is 51.6 Å². The molecule has 0 radical (unpaired) electrons. The Hall–Kier alpha value is -3.62. The van der Waals surface area contributed by atoms with Gasteiger partial charge in [0.1, 0.15) is 4.88 Å². The molecule has 1 aromatic carbocycles. The number of carbonyl (C=O) groups is 1. The quantitative estimate of drug-likeness (QED) is 0.211. The van der Waals surface area contributed by atoms with Crippen LogP contribution in [-0.4, -0.2) is 72.0 Å². The van der Waals surface area contributed by atoms with Gasteiger partial charge in [-0.2, -0.15) is 9.97 Å². The average molecular weight is 546 g/mol. The number of carbonyl (C=O) groups excluding carboxylic acids is 1. The minimum absolute atomic E-state index is 0.256. The van der Waals surface area contributed by atoms with Crippen molar-refractivity contribution in [2.45, 2.75) is 25.3 Å². The van der Waals surface area contributed by atoms with Crippen LogP contribution in [0.2, 0.25) is 0 Å². The van der Waals surface area contributed by atoms with E-state index in [9.17, 15) is 13.2 Å². The molecule has 0 bridgehead atoms. The number of aromatic nitrogens is 5. The lowest BCUT2D eigenvalue weighted by Crippen LogP contribution is -2.11. The van der Waals surface area contributed by atoms with Gasteiger partial charge in [-0.15, -0.1) is 0 Å². The third-order valence-corrected chi connectivity index (χ3v) is 7.42. The number of nitrogens with zero attached hydrogens (tertiary/aromatic N) is 5. The van der Waals surface area contributed by atoms with Crippen molar-refractivity contribution in [1.29, 1.82) is 0 Å². The predicted octanol–water partition coefficient (Wildman–Crippen LogP) is 3.02. The summed E-state index contributed by atoms with van der Waals surface area (Å²) in [5, 5.41) is 6.76. The summed E-state index contributed by atoms with van der Waals surface area (Å²) < 4.78 is 35.6. The highest BCUT2D eigenvalue weighted by molar-refractivity contribution is 7.90. The molecule has 37 heavy (non-hydrogen) atoms. The highest BCUT2D eigenvalue weighted by Gasteiger charge is 2.19. The van der Waals surface area contributed by atoms with Crippen LogP contribution in [0.4, 0.5) is 16.9 Å². The molecule has 196 valence electrons. The fraction of sp³-hybridized carbons (Fsp3) is 0.348. The summed E-state index contributed by atoms with van der Waals surface area (Å²) in [6, 6.07) is 6.68. The molecule has 2 N–H and O–H groups in total. The van der Waals surface area contributed by atoms with Crippen molar-refractivity contribution in [1.82, 2.24) is 24.5 Å². The number of esters is 1. The molecule has 0 unspecified atom stereocenters. The fourth-order valence-electron chi connectivity index (χ4n) is 3.48. The number of fused-ring (bicyclic) bond motifs is 1. The topological polar surface area (TPSA) is 150 Å². The molecule has 0 aliphatic rings. The number of aryl methyl sites for hydroxylation is 1. The maximum absolute atomic E-state index is 12.2. The first kappa shape index (κ1) is 26.4. The van der Waals surface area contributed by atoms with E-state index in [4.69, 9.17) is 9.47 Å². The van der Waals surface area contributed by atoms with Crippen LogP contribution in [0.1, 0.15) is 27.9 Å². The van der Waals surface area contributed by atoms with Gasteiger partial charge in [0.05, 0.1) is 36.7 Å². The van der Waals surface area contributed by atoms with Crippen LogP contribution in [0.5, 0.6) is 0 Å². The van der Waals surface area contributed by atoms with Crippen molar-refractivity contribution in [3.63, 3.8) is 0 Å². The molecule has 0 saturated heterocycles. The lowest BCUT2D eigenvalue weighted by molar-refractivity contribution is 0.0531.